The van der Waals surface area contributed by atoms with E-state index in [2.05, 4.69) is 15.4 Å². The molecule has 1 saturated carbocycles. The number of rotatable bonds is 6. The van der Waals surface area contributed by atoms with Gasteiger partial charge in [0.25, 0.3) is 11.5 Å². The van der Waals surface area contributed by atoms with Crippen molar-refractivity contribution in [2.45, 2.75) is 65.1 Å². The van der Waals surface area contributed by atoms with E-state index < -0.39 is 5.91 Å². The summed E-state index contributed by atoms with van der Waals surface area (Å²) in [5.74, 6) is -0.222. The highest BCUT2D eigenvalue weighted by atomic mass is 16.5. The lowest BCUT2D eigenvalue weighted by Crippen LogP contribution is -2.25. The Kier molecular flexibility index (Phi) is 7.08. The molecule has 0 bridgehead atoms. The Morgan fingerprint density at radius 3 is 2.70 bits per heavy atom. The first-order valence-electron chi connectivity index (χ1n) is 11.6. The molecule has 0 aromatic carbocycles. The lowest BCUT2D eigenvalue weighted by molar-refractivity contribution is 0.102. The molecular weight excluding hydrogens is 422 g/mol. The monoisotopic (exact) mass is 455 g/mol. The lowest BCUT2D eigenvalue weighted by atomic mass is 10.2. The molecule has 1 aliphatic carbocycles. The van der Waals surface area contributed by atoms with E-state index in [1.807, 2.05) is 27.0 Å². The van der Waals surface area contributed by atoms with Crippen molar-refractivity contribution in [3.63, 3.8) is 0 Å². The van der Waals surface area contributed by atoms with Crippen molar-refractivity contribution in [3.05, 3.63) is 46.5 Å². The number of pyridine rings is 2. The zero-order valence-electron chi connectivity index (χ0n) is 19.4. The molecule has 0 atom stereocenters. The predicted octanol–water partition coefficient (Wildman–Crippen LogP) is 4.03. The number of amides is 1. The molecule has 4 heterocycles. The number of nitrogens with one attached hydrogen (secondary N) is 1. The first-order valence-corrected chi connectivity index (χ1v) is 11.6. The molecule has 0 radical (unpaired) electrons. The number of fused-ring (bicyclic) bond motifs is 1. The van der Waals surface area contributed by atoms with Crippen LogP contribution in [-0.2, 0) is 11.3 Å². The van der Waals surface area contributed by atoms with Crippen molar-refractivity contribution >= 4 is 22.6 Å². The summed E-state index contributed by atoms with van der Waals surface area (Å²) in [6.07, 6.45) is 7.97. The number of ether oxygens (including phenoxy) is 2. The summed E-state index contributed by atoms with van der Waals surface area (Å²) >= 11 is 0. The summed E-state index contributed by atoms with van der Waals surface area (Å²) < 4.78 is 14.1. The summed E-state index contributed by atoms with van der Waals surface area (Å²) in [5, 5.41) is 7.85. The molecule has 1 N–H and O–H groups in total. The van der Waals surface area contributed by atoms with Crippen molar-refractivity contribution in [3.8, 4) is 5.88 Å². The average Bonchev–Trinajstić information content (AvgIpc) is 3.27. The largest absolute Gasteiger partial charge is 0.474 e. The Balaban J connectivity index is 0.000000481. The van der Waals surface area contributed by atoms with E-state index in [1.165, 1.54) is 12.8 Å². The Hall–Kier alpha value is -3.20. The van der Waals surface area contributed by atoms with Crippen LogP contribution in [0.2, 0.25) is 0 Å². The van der Waals surface area contributed by atoms with Crippen molar-refractivity contribution < 1.29 is 15.7 Å². The third-order valence-corrected chi connectivity index (χ3v) is 5.41. The second-order valence-electron chi connectivity index (χ2n) is 8.54. The van der Waals surface area contributed by atoms with Gasteiger partial charge in [-0.1, -0.05) is 0 Å². The topological polar surface area (TPSA) is 100 Å². The molecule has 3 aromatic rings. The number of anilines is 1. The van der Waals surface area contributed by atoms with Crippen LogP contribution in [0.25, 0.3) is 11.0 Å². The molecule has 1 amide bonds. The van der Waals surface area contributed by atoms with Gasteiger partial charge in [0.15, 0.2) is 5.65 Å². The molecule has 5 rings (SSSR count). The molecule has 1 saturated heterocycles. The van der Waals surface area contributed by atoms with Gasteiger partial charge in [0.1, 0.15) is 11.3 Å². The van der Waals surface area contributed by atoms with Crippen molar-refractivity contribution in [2.24, 2.45) is 0 Å². The first kappa shape index (κ1) is 23.0. The molecule has 2 aliphatic rings. The molecule has 9 heteroatoms. The van der Waals surface area contributed by atoms with Crippen LogP contribution < -0.4 is 15.6 Å². The Morgan fingerprint density at radius 1 is 1.33 bits per heavy atom. The second kappa shape index (κ2) is 10.2. The molecule has 2 fully saturated rings. The Bertz CT molecular complexity index is 1170. The van der Waals surface area contributed by atoms with Gasteiger partial charge in [0, 0.05) is 45.0 Å². The summed E-state index contributed by atoms with van der Waals surface area (Å²) in [6.45, 7) is 8.40. The molecule has 3 aromatic heterocycles. The van der Waals surface area contributed by atoms with Crippen molar-refractivity contribution in [2.75, 3.05) is 18.5 Å². The standard InChI is InChI=1S/C20H23N5O3.C4H8O.H2/c1-4-24-11-13-10-15(19(28-12(2)3)22-17(13)23-24)18(26)21-16-6-5-9-25(20(16)27)14-7-8-14;1-2-4-5-3-1;/h5-6,9-12,14H,4,7-8H2,1-3H3,(H,21,26);1-4H2;1H. The van der Waals surface area contributed by atoms with E-state index >= 15 is 0 Å². The number of carbonyl (C=O) groups is 1. The van der Waals surface area contributed by atoms with Gasteiger partial charge in [-0.05, 0) is 64.7 Å². The van der Waals surface area contributed by atoms with E-state index in [9.17, 15) is 9.59 Å². The summed E-state index contributed by atoms with van der Waals surface area (Å²) in [7, 11) is 0. The van der Waals surface area contributed by atoms with E-state index in [-0.39, 0.29) is 36.3 Å². The van der Waals surface area contributed by atoms with Gasteiger partial charge in [-0.3, -0.25) is 14.3 Å². The third kappa shape index (κ3) is 5.60. The molecule has 0 unspecified atom stereocenters. The van der Waals surface area contributed by atoms with E-state index in [4.69, 9.17) is 9.47 Å². The Morgan fingerprint density at radius 2 is 2.09 bits per heavy atom. The van der Waals surface area contributed by atoms with E-state index in [0.717, 1.165) is 31.4 Å². The van der Waals surface area contributed by atoms with Gasteiger partial charge in [0.2, 0.25) is 5.88 Å². The highest BCUT2D eigenvalue weighted by Crippen LogP contribution is 2.33. The number of carbonyl (C=O) groups excluding carboxylic acids is 1. The van der Waals surface area contributed by atoms with Gasteiger partial charge in [-0.25, -0.2) is 0 Å². The van der Waals surface area contributed by atoms with Crippen LogP contribution in [0.4, 0.5) is 5.69 Å². The highest BCUT2D eigenvalue weighted by Gasteiger charge is 2.26. The maximum Gasteiger partial charge on any atom is 0.274 e. The molecule has 178 valence electrons. The third-order valence-electron chi connectivity index (χ3n) is 5.41. The number of nitrogens with zero attached hydrogens (tertiary/aromatic N) is 4. The quantitative estimate of drug-likeness (QED) is 0.602. The zero-order chi connectivity index (χ0) is 23.4. The van der Waals surface area contributed by atoms with E-state index in [1.54, 1.807) is 33.6 Å². The van der Waals surface area contributed by atoms with Crippen LogP contribution in [0.5, 0.6) is 5.88 Å². The van der Waals surface area contributed by atoms with E-state index in [0.29, 0.717) is 12.2 Å². The van der Waals surface area contributed by atoms with Gasteiger partial charge in [-0.15, -0.1) is 0 Å². The molecule has 0 spiro atoms. The number of aromatic nitrogens is 4. The number of hydrogen-bond donors (Lipinski definition) is 1. The average molecular weight is 456 g/mol. The second-order valence-corrected chi connectivity index (χ2v) is 8.54. The minimum Gasteiger partial charge on any atom is -0.474 e. The smallest absolute Gasteiger partial charge is 0.274 e. The van der Waals surface area contributed by atoms with Gasteiger partial charge in [0.05, 0.1) is 6.10 Å². The van der Waals surface area contributed by atoms with Crippen molar-refractivity contribution in [1.82, 2.24) is 19.3 Å². The zero-order valence-corrected chi connectivity index (χ0v) is 19.4. The van der Waals surface area contributed by atoms with Crippen LogP contribution in [0.15, 0.2) is 35.4 Å². The summed E-state index contributed by atoms with van der Waals surface area (Å²) in [6, 6.07) is 5.33. The summed E-state index contributed by atoms with van der Waals surface area (Å²) in [4.78, 5) is 30.0. The van der Waals surface area contributed by atoms with Crippen LogP contribution >= 0.6 is 0 Å². The molecule has 1 aliphatic heterocycles. The molecular formula is C24H33N5O4. The normalized spacial score (nSPS) is 15.4. The van der Waals surface area contributed by atoms with Gasteiger partial charge in [-0.2, -0.15) is 10.1 Å². The fraction of sp³-hybridized carbons (Fsp3) is 0.500. The van der Waals surface area contributed by atoms with Crippen LogP contribution in [0, 0.1) is 0 Å². The first-order chi connectivity index (χ1) is 16.0. The predicted molar refractivity (Wildman–Crippen MR) is 128 cm³/mol. The fourth-order valence-corrected chi connectivity index (χ4v) is 3.57. The SMILES string of the molecule is C1CCOC1.CCn1cc2cc(C(=O)Nc3cccn(C4CC4)c3=O)c(OC(C)C)nc2n1.[HH]. The van der Waals surface area contributed by atoms with Crippen molar-refractivity contribution in [1.29, 1.82) is 0 Å². The van der Waals surface area contributed by atoms with Crippen LogP contribution in [0.1, 0.15) is 64.3 Å². The molecule has 9 nitrogen and oxygen atoms in total. The van der Waals surface area contributed by atoms with Crippen LogP contribution in [-0.4, -0.2) is 44.6 Å². The van der Waals surface area contributed by atoms with Gasteiger partial charge < -0.3 is 19.4 Å². The lowest BCUT2D eigenvalue weighted by Gasteiger charge is -2.13. The fourth-order valence-electron chi connectivity index (χ4n) is 3.57. The minimum atomic E-state index is -0.431. The highest BCUT2D eigenvalue weighted by molar-refractivity contribution is 6.07. The maximum atomic E-state index is 13.0. The summed E-state index contributed by atoms with van der Waals surface area (Å²) in [5.41, 5.74) is 0.847. The number of aryl methyl sites for hydroxylation is 1. The van der Waals surface area contributed by atoms with Crippen LogP contribution in [0.3, 0.4) is 0 Å². The number of hydrogen-bond acceptors (Lipinski definition) is 6. The van der Waals surface area contributed by atoms with Gasteiger partial charge >= 0.3 is 0 Å². The minimum absolute atomic E-state index is 0. The Labute approximate surface area is 194 Å². The maximum absolute atomic E-state index is 13.0. The molecule has 33 heavy (non-hydrogen) atoms.